The number of morpholine rings is 1. The number of benzene rings is 1. The van der Waals surface area contributed by atoms with Gasteiger partial charge in [-0.3, -0.25) is 9.59 Å². The second kappa shape index (κ2) is 9.86. The quantitative estimate of drug-likeness (QED) is 0.572. The van der Waals surface area contributed by atoms with E-state index in [9.17, 15) is 23.1 Å². The lowest BCUT2D eigenvalue weighted by atomic mass is 10.2. The van der Waals surface area contributed by atoms with Gasteiger partial charge in [-0.1, -0.05) is 23.2 Å². The van der Waals surface area contributed by atoms with E-state index in [1.165, 1.54) is 24.0 Å². The summed E-state index contributed by atoms with van der Waals surface area (Å²) in [5.41, 5.74) is 0. The van der Waals surface area contributed by atoms with E-state index in [1.807, 2.05) is 0 Å². The molecule has 1 aliphatic rings. The molecule has 156 valence electrons. The minimum absolute atomic E-state index is 0.0109. The van der Waals surface area contributed by atoms with Gasteiger partial charge in [0.15, 0.2) is 6.61 Å². The number of ether oxygens (including phenoxy) is 2. The van der Waals surface area contributed by atoms with Crippen LogP contribution in [0.1, 0.15) is 6.92 Å². The fraction of sp³-hybridized carbons (Fsp3) is 0.500. The van der Waals surface area contributed by atoms with E-state index in [4.69, 9.17) is 32.7 Å². The van der Waals surface area contributed by atoms with Crippen molar-refractivity contribution in [2.45, 2.75) is 24.0 Å². The first kappa shape index (κ1) is 22.9. The van der Waals surface area contributed by atoms with Gasteiger partial charge in [0, 0.05) is 13.1 Å². The van der Waals surface area contributed by atoms with Crippen LogP contribution in [0.5, 0.6) is 0 Å². The smallest absolute Gasteiger partial charge is 0.327 e. The average molecular weight is 455 g/mol. The van der Waals surface area contributed by atoms with Crippen LogP contribution in [-0.4, -0.2) is 75.4 Å². The maximum atomic E-state index is 12.5. The molecule has 0 saturated carbocycles. The lowest BCUT2D eigenvalue weighted by Gasteiger charge is -2.27. The first-order valence-electron chi connectivity index (χ1n) is 8.29. The van der Waals surface area contributed by atoms with Crippen molar-refractivity contribution >= 4 is 45.1 Å². The van der Waals surface area contributed by atoms with Gasteiger partial charge < -0.3 is 19.5 Å². The minimum atomic E-state index is -4.21. The average Bonchev–Trinajstić information content (AvgIpc) is 2.66. The van der Waals surface area contributed by atoms with Gasteiger partial charge in [-0.15, -0.1) is 0 Å². The van der Waals surface area contributed by atoms with Gasteiger partial charge in [0.2, 0.25) is 10.0 Å². The van der Waals surface area contributed by atoms with E-state index in [2.05, 4.69) is 4.72 Å². The number of aliphatic hydroxyl groups is 1. The Morgan fingerprint density at radius 2 is 1.93 bits per heavy atom. The molecule has 2 atom stereocenters. The maximum absolute atomic E-state index is 12.5. The third-order valence-electron chi connectivity index (χ3n) is 3.92. The molecule has 0 aliphatic carbocycles. The number of hydrogen-bond acceptors (Lipinski definition) is 7. The van der Waals surface area contributed by atoms with Crippen LogP contribution in [0.2, 0.25) is 10.0 Å². The van der Waals surface area contributed by atoms with Crippen molar-refractivity contribution in [3.05, 3.63) is 28.2 Å². The Morgan fingerprint density at radius 1 is 1.29 bits per heavy atom. The first-order valence-corrected chi connectivity index (χ1v) is 10.5. The van der Waals surface area contributed by atoms with Gasteiger partial charge in [0.1, 0.15) is 6.04 Å². The second-order valence-electron chi connectivity index (χ2n) is 6.02. The molecule has 0 unspecified atom stereocenters. The summed E-state index contributed by atoms with van der Waals surface area (Å²) in [5.74, 6) is -1.52. The van der Waals surface area contributed by atoms with Crippen molar-refractivity contribution in [3.8, 4) is 0 Å². The van der Waals surface area contributed by atoms with E-state index in [0.29, 0.717) is 26.3 Å². The Morgan fingerprint density at radius 3 is 2.50 bits per heavy atom. The molecule has 1 aliphatic heterocycles. The van der Waals surface area contributed by atoms with E-state index in [1.54, 1.807) is 0 Å². The number of hydrogen-bond donors (Lipinski definition) is 2. The van der Waals surface area contributed by atoms with Crippen LogP contribution in [0.25, 0.3) is 0 Å². The molecule has 9 nitrogen and oxygen atoms in total. The highest BCUT2D eigenvalue weighted by molar-refractivity contribution is 7.89. The molecule has 28 heavy (non-hydrogen) atoms. The third-order valence-corrected chi connectivity index (χ3v) is 6.10. The van der Waals surface area contributed by atoms with Crippen molar-refractivity contribution in [3.63, 3.8) is 0 Å². The summed E-state index contributed by atoms with van der Waals surface area (Å²) < 4.78 is 37.0. The SMILES string of the molecule is C[C@H](O)[C@@H](NS(=O)(=O)c1ccc(Cl)c(Cl)c1)C(=O)OCC(=O)N1CCOCC1. The molecule has 2 N–H and O–H groups in total. The molecule has 0 aromatic heterocycles. The van der Waals surface area contributed by atoms with Crippen molar-refractivity contribution in [1.82, 2.24) is 9.62 Å². The first-order chi connectivity index (χ1) is 13.1. The molecule has 0 spiro atoms. The molecule has 1 amide bonds. The molecule has 1 fully saturated rings. The maximum Gasteiger partial charge on any atom is 0.327 e. The summed E-state index contributed by atoms with van der Waals surface area (Å²) >= 11 is 11.6. The lowest BCUT2D eigenvalue weighted by Crippen LogP contribution is -2.49. The normalized spacial score (nSPS) is 17.1. The van der Waals surface area contributed by atoms with E-state index < -0.39 is 40.7 Å². The molecule has 2 rings (SSSR count). The summed E-state index contributed by atoms with van der Waals surface area (Å²) in [6.45, 7) is 2.17. The summed E-state index contributed by atoms with van der Waals surface area (Å²) in [6, 6.07) is 1.98. The number of esters is 1. The van der Waals surface area contributed by atoms with Crippen molar-refractivity contribution in [2.24, 2.45) is 0 Å². The summed E-state index contributed by atoms with van der Waals surface area (Å²) in [6.07, 6.45) is -1.41. The fourth-order valence-corrected chi connectivity index (χ4v) is 4.00. The van der Waals surface area contributed by atoms with Crippen LogP contribution in [0.4, 0.5) is 0 Å². The standard InChI is InChI=1S/C16H20Cl2N2O7S/c1-10(21)15(16(23)27-9-14(22)20-4-6-26-7-5-20)19-28(24,25)11-2-3-12(17)13(18)8-11/h2-3,8,10,15,19,21H,4-7,9H2,1H3/t10-,15+/m0/s1. The highest BCUT2D eigenvalue weighted by Crippen LogP contribution is 2.25. The number of rotatable bonds is 7. The highest BCUT2D eigenvalue weighted by atomic mass is 35.5. The number of carbonyl (C=O) groups excluding carboxylic acids is 2. The Hall–Kier alpha value is -1.43. The predicted octanol–water partition coefficient (Wildman–Crippen LogP) is 0.423. The number of nitrogens with zero attached hydrogens (tertiary/aromatic N) is 1. The molecule has 12 heteroatoms. The van der Waals surface area contributed by atoms with Crippen LogP contribution in [-0.2, 0) is 29.1 Å². The van der Waals surface area contributed by atoms with E-state index in [0.717, 1.165) is 6.07 Å². The Balaban J connectivity index is 2.03. The second-order valence-corrected chi connectivity index (χ2v) is 8.54. The predicted molar refractivity (Wildman–Crippen MR) is 101 cm³/mol. The molecule has 1 aromatic carbocycles. The number of sulfonamides is 1. The molecule has 0 radical (unpaired) electrons. The van der Waals surface area contributed by atoms with E-state index in [-0.39, 0.29) is 14.9 Å². The van der Waals surface area contributed by atoms with Crippen LogP contribution in [0.3, 0.4) is 0 Å². The zero-order valence-electron chi connectivity index (χ0n) is 14.9. The molecule has 1 saturated heterocycles. The van der Waals surface area contributed by atoms with Gasteiger partial charge in [-0.25, -0.2) is 8.42 Å². The van der Waals surface area contributed by atoms with Crippen molar-refractivity contribution < 1.29 is 32.6 Å². The number of amides is 1. The molecular weight excluding hydrogens is 435 g/mol. The molecular formula is C16H20Cl2N2O7S. The largest absolute Gasteiger partial charge is 0.454 e. The highest BCUT2D eigenvalue weighted by Gasteiger charge is 2.32. The Bertz CT molecular complexity index is 826. The molecule has 1 heterocycles. The van der Waals surface area contributed by atoms with Crippen LogP contribution in [0.15, 0.2) is 23.1 Å². The van der Waals surface area contributed by atoms with Gasteiger partial charge in [-0.05, 0) is 25.1 Å². The molecule has 0 bridgehead atoms. The number of nitrogens with one attached hydrogen (secondary N) is 1. The fourth-order valence-electron chi connectivity index (χ4n) is 2.35. The number of halogens is 2. The van der Waals surface area contributed by atoms with Crippen LogP contribution < -0.4 is 4.72 Å². The Kier molecular flexibility index (Phi) is 8.05. The lowest BCUT2D eigenvalue weighted by molar-refractivity contribution is -0.156. The summed E-state index contributed by atoms with van der Waals surface area (Å²) in [5, 5.41) is 9.99. The van der Waals surface area contributed by atoms with Crippen molar-refractivity contribution in [1.29, 1.82) is 0 Å². The Labute approximate surface area is 172 Å². The third kappa shape index (κ3) is 6.03. The minimum Gasteiger partial charge on any atom is -0.454 e. The van der Waals surface area contributed by atoms with Crippen LogP contribution in [0, 0.1) is 0 Å². The summed E-state index contributed by atoms with van der Waals surface area (Å²) in [4.78, 5) is 25.5. The monoisotopic (exact) mass is 454 g/mol. The van der Waals surface area contributed by atoms with E-state index >= 15 is 0 Å². The van der Waals surface area contributed by atoms with Gasteiger partial charge in [0.05, 0.1) is 34.3 Å². The zero-order chi connectivity index (χ0) is 20.9. The number of aliphatic hydroxyl groups excluding tert-OH is 1. The molecule has 1 aromatic rings. The van der Waals surface area contributed by atoms with Gasteiger partial charge >= 0.3 is 5.97 Å². The van der Waals surface area contributed by atoms with Crippen LogP contribution >= 0.6 is 23.2 Å². The number of carbonyl (C=O) groups is 2. The topological polar surface area (TPSA) is 122 Å². The van der Waals surface area contributed by atoms with Gasteiger partial charge in [-0.2, -0.15) is 4.72 Å². The zero-order valence-corrected chi connectivity index (χ0v) is 17.3. The van der Waals surface area contributed by atoms with Gasteiger partial charge in [0.25, 0.3) is 5.91 Å². The van der Waals surface area contributed by atoms with Crippen molar-refractivity contribution in [2.75, 3.05) is 32.9 Å². The summed E-state index contributed by atoms with van der Waals surface area (Å²) in [7, 11) is -4.21.